The molecule has 1 aromatic carbocycles. The molecule has 0 saturated carbocycles. The van der Waals surface area contributed by atoms with Crippen molar-refractivity contribution in [3.05, 3.63) is 23.8 Å². The molecule has 1 aliphatic rings. The van der Waals surface area contributed by atoms with Gasteiger partial charge in [0.2, 0.25) is 0 Å². The number of nitrogens with zero attached hydrogens (tertiary/aromatic N) is 4. The molecule has 0 N–H and O–H groups in total. The van der Waals surface area contributed by atoms with E-state index in [4.69, 9.17) is 4.74 Å². The summed E-state index contributed by atoms with van der Waals surface area (Å²) in [6, 6.07) is 5.26. The van der Waals surface area contributed by atoms with Crippen LogP contribution in [0.2, 0.25) is 0 Å². The summed E-state index contributed by atoms with van der Waals surface area (Å²) in [7, 11) is 3.35. The lowest BCUT2D eigenvalue weighted by atomic mass is 10.1. The minimum absolute atomic E-state index is 0.116. The van der Waals surface area contributed by atoms with Crippen molar-refractivity contribution in [1.82, 2.24) is 18.5 Å². The predicted molar refractivity (Wildman–Crippen MR) is 81.8 cm³/mol. The molecule has 22 heavy (non-hydrogen) atoms. The Morgan fingerprint density at radius 2 is 2.09 bits per heavy atom. The van der Waals surface area contributed by atoms with Gasteiger partial charge in [0.1, 0.15) is 11.0 Å². The van der Waals surface area contributed by atoms with Crippen molar-refractivity contribution in [2.24, 2.45) is 0 Å². The Kier molecular flexibility index (Phi) is 4.04. The fourth-order valence-corrected chi connectivity index (χ4v) is 2.89. The number of aromatic nitrogens is 2. The largest absolute Gasteiger partial charge is 0.365 e. The van der Waals surface area contributed by atoms with Gasteiger partial charge in [0, 0.05) is 26.2 Å². The molecule has 8 heteroatoms. The van der Waals surface area contributed by atoms with Crippen LogP contribution in [0.15, 0.2) is 18.2 Å². The van der Waals surface area contributed by atoms with Gasteiger partial charge in [0.15, 0.2) is 6.10 Å². The molecule has 1 atom stereocenters. The molecule has 0 aliphatic carbocycles. The van der Waals surface area contributed by atoms with Crippen LogP contribution in [0.25, 0.3) is 11.0 Å². The summed E-state index contributed by atoms with van der Waals surface area (Å²) in [5.74, 6) is -0.244. The van der Waals surface area contributed by atoms with Crippen LogP contribution in [-0.2, 0) is 9.53 Å². The summed E-state index contributed by atoms with van der Waals surface area (Å²) >= 11 is 1.12. The molecule has 0 spiro atoms. The fourth-order valence-electron chi connectivity index (χ4n) is 2.37. The van der Waals surface area contributed by atoms with Crippen molar-refractivity contribution in [2.45, 2.75) is 6.10 Å². The highest BCUT2D eigenvalue weighted by Crippen LogP contribution is 2.17. The normalized spacial score (nSPS) is 18.5. The number of ether oxygens (including phenoxy) is 1. The first-order valence-corrected chi connectivity index (χ1v) is 7.63. The van der Waals surface area contributed by atoms with Gasteiger partial charge in [-0.05, 0) is 18.2 Å². The van der Waals surface area contributed by atoms with Crippen LogP contribution in [0.4, 0.5) is 0 Å². The second-order valence-electron chi connectivity index (χ2n) is 5.31. The minimum atomic E-state index is -0.600. The van der Waals surface area contributed by atoms with Crippen molar-refractivity contribution in [1.29, 1.82) is 0 Å². The van der Waals surface area contributed by atoms with E-state index in [2.05, 4.69) is 8.75 Å². The van der Waals surface area contributed by atoms with E-state index < -0.39 is 6.10 Å². The molecule has 7 nitrogen and oxygen atoms in total. The van der Waals surface area contributed by atoms with E-state index in [0.717, 1.165) is 17.2 Å². The Morgan fingerprint density at radius 3 is 2.86 bits per heavy atom. The molecule has 1 unspecified atom stereocenters. The van der Waals surface area contributed by atoms with Crippen molar-refractivity contribution in [3.63, 3.8) is 0 Å². The molecule has 1 aliphatic heterocycles. The number of likely N-dealkylation sites (N-methyl/N-ethyl adjacent to an activating group) is 1. The van der Waals surface area contributed by atoms with E-state index >= 15 is 0 Å². The summed E-state index contributed by atoms with van der Waals surface area (Å²) in [5, 5.41) is 0. The van der Waals surface area contributed by atoms with Gasteiger partial charge in [-0.1, -0.05) is 0 Å². The third kappa shape index (κ3) is 2.79. The topological polar surface area (TPSA) is 75.6 Å². The monoisotopic (exact) mass is 320 g/mol. The van der Waals surface area contributed by atoms with Gasteiger partial charge in [0.05, 0.1) is 24.9 Å². The number of morpholine rings is 1. The minimum Gasteiger partial charge on any atom is -0.365 e. The summed E-state index contributed by atoms with van der Waals surface area (Å²) < 4.78 is 13.7. The first kappa shape index (κ1) is 14.9. The van der Waals surface area contributed by atoms with Crippen LogP contribution in [0, 0.1) is 0 Å². The molecule has 0 bridgehead atoms. The van der Waals surface area contributed by atoms with Gasteiger partial charge in [-0.25, -0.2) is 0 Å². The maximum atomic E-state index is 12.6. The predicted octanol–water partition coefficient (Wildman–Crippen LogP) is 0.620. The molecule has 2 heterocycles. The standard InChI is InChI=1S/C14H16N4O3S/c1-17(2)14(20)12-8-18(5-6-21-12)13(19)9-3-4-10-11(7-9)16-22-15-10/h3-4,7,12H,5-6,8H2,1-2H3. The first-order valence-electron chi connectivity index (χ1n) is 6.90. The zero-order valence-corrected chi connectivity index (χ0v) is 13.2. The van der Waals surface area contributed by atoms with Crippen LogP contribution in [-0.4, -0.2) is 70.3 Å². The summed E-state index contributed by atoms with van der Waals surface area (Å²) in [6.45, 7) is 1.10. The quantitative estimate of drug-likeness (QED) is 0.811. The highest BCUT2D eigenvalue weighted by molar-refractivity contribution is 7.00. The van der Waals surface area contributed by atoms with Gasteiger partial charge < -0.3 is 14.5 Å². The summed E-state index contributed by atoms with van der Waals surface area (Å²) in [5.41, 5.74) is 2.05. The second kappa shape index (κ2) is 5.98. The van der Waals surface area contributed by atoms with Gasteiger partial charge in [0.25, 0.3) is 11.8 Å². The highest BCUT2D eigenvalue weighted by Gasteiger charge is 2.30. The number of benzene rings is 1. The Bertz CT molecular complexity index is 715. The van der Waals surface area contributed by atoms with Crippen LogP contribution in [0.1, 0.15) is 10.4 Å². The highest BCUT2D eigenvalue weighted by atomic mass is 32.1. The number of carbonyl (C=O) groups excluding carboxylic acids is 2. The van der Waals surface area contributed by atoms with Gasteiger partial charge in [-0.2, -0.15) is 8.75 Å². The lowest BCUT2D eigenvalue weighted by Gasteiger charge is -2.33. The summed E-state index contributed by atoms with van der Waals surface area (Å²) in [6.07, 6.45) is -0.600. The van der Waals surface area contributed by atoms with Crippen molar-refractivity contribution in [3.8, 4) is 0 Å². The zero-order valence-electron chi connectivity index (χ0n) is 12.4. The number of fused-ring (bicyclic) bond motifs is 1. The van der Waals surface area contributed by atoms with E-state index in [1.807, 2.05) is 0 Å². The Morgan fingerprint density at radius 1 is 1.32 bits per heavy atom. The molecular formula is C14H16N4O3S. The van der Waals surface area contributed by atoms with Crippen LogP contribution in [0.3, 0.4) is 0 Å². The second-order valence-corrected chi connectivity index (χ2v) is 5.84. The van der Waals surface area contributed by atoms with Crippen molar-refractivity contribution < 1.29 is 14.3 Å². The van der Waals surface area contributed by atoms with E-state index in [0.29, 0.717) is 24.2 Å². The Labute approximate surface area is 131 Å². The average Bonchev–Trinajstić information content (AvgIpc) is 3.01. The van der Waals surface area contributed by atoms with E-state index in [-0.39, 0.29) is 18.4 Å². The maximum absolute atomic E-state index is 12.6. The molecule has 1 aromatic heterocycles. The Balaban J connectivity index is 1.77. The molecule has 1 fully saturated rings. The zero-order chi connectivity index (χ0) is 15.7. The van der Waals surface area contributed by atoms with Gasteiger partial charge in [-0.3, -0.25) is 9.59 Å². The summed E-state index contributed by atoms with van der Waals surface area (Å²) in [4.78, 5) is 27.7. The molecule has 116 valence electrons. The van der Waals surface area contributed by atoms with Crippen LogP contribution in [0.5, 0.6) is 0 Å². The number of amides is 2. The smallest absolute Gasteiger partial charge is 0.254 e. The van der Waals surface area contributed by atoms with Gasteiger partial charge in [-0.15, -0.1) is 0 Å². The fraction of sp³-hybridized carbons (Fsp3) is 0.429. The number of rotatable bonds is 2. The van der Waals surface area contributed by atoms with Crippen LogP contribution >= 0.6 is 11.7 Å². The number of hydrogen-bond acceptors (Lipinski definition) is 6. The number of hydrogen-bond donors (Lipinski definition) is 0. The van der Waals surface area contributed by atoms with Crippen molar-refractivity contribution >= 4 is 34.6 Å². The number of carbonyl (C=O) groups is 2. The lowest BCUT2D eigenvalue weighted by molar-refractivity contribution is -0.145. The molecule has 1 saturated heterocycles. The Hall–Kier alpha value is -2.06. The van der Waals surface area contributed by atoms with E-state index in [1.54, 1.807) is 37.2 Å². The molecule has 2 amide bonds. The van der Waals surface area contributed by atoms with E-state index in [9.17, 15) is 9.59 Å². The lowest BCUT2D eigenvalue weighted by Crippen LogP contribution is -2.51. The van der Waals surface area contributed by atoms with Crippen molar-refractivity contribution in [2.75, 3.05) is 33.8 Å². The maximum Gasteiger partial charge on any atom is 0.254 e. The first-order chi connectivity index (χ1) is 10.6. The average molecular weight is 320 g/mol. The molecular weight excluding hydrogens is 304 g/mol. The van der Waals surface area contributed by atoms with Crippen LogP contribution < -0.4 is 0 Å². The third-order valence-electron chi connectivity index (χ3n) is 3.57. The molecule has 0 radical (unpaired) electrons. The molecule has 2 aromatic rings. The SMILES string of the molecule is CN(C)C(=O)C1CN(C(=O)c2ccc3nsnc3c2)CCO1. The van der Waals surface area contributed by atoms with Gasteiger partial charge >= 0.3 is 0 Å². The van der Waals surface area contributed by atoms with E-state index in [1.165, 1.54) is 4.90 Å². The third-order valence-corrected chi connectivity index (χ3v) is 4.13. The molecule has 3 rings (SSSR count).